The number of carbonyl (C=O) groups is 2. The van der Waals surface area contributed by atoms with Gasteiger partial charge in [-0.1, -0.05) is 24.3 Å². The minimum absolute atomic E-state index is 0.223. The normalized spacial score (nSPS) is 21.2. The van der Waals surface area contributed by atoms with Gasteiger partial charge in [0, 0.05) is 34.8 Å². The first-order valence-electron chi connectivity index (χ1n) is 10.2. The van der Waals surface area contributed by atoms with Gasteiger partial charge in [0.25, 0.3) is 0 Å². The number of hydrogen-bond acceptors (Lipinski definition) is 7. The molecule has 1 aromatic heterocycles. The summed E-state index contributed by atoms with van der Waals surface area (Å²) in [7, 11) is 0. The molecule has 0 fully saturated rings. The smallest absolute Gasteiger partial charge is 0.335 e. The van der Waals surface area contributed by atoms with Crippen molar-refractivity contribution in [3.05, 3.63) is 52.2 Å². The van der Waals surface area contributed by atoms with Crippen LogP contribution >= 0.6 is 11.3 Å². The lowest BCUT2D eigenvalue weighted by Crippen LogP contribution is -2.56. The quantitative estimate of drug-likeness (QED) is 0.697. The molecule has 6 nitrogen and oxygen atoms in total. The number of ether oxygens (including phenoxy) is 2. The Hall–Kier alpha value is -2.67. The van der Waals surface area contributed by atoms with Gasteiger partial charge in [-0.15, -0.1) is 11.3 Å². The van der Waals surface area contributed by atoms with Crippen LogP contribution < -0.4 is 5.32 Å². The van der Waals surface area contributed by atoms with Crippen molar-refractivity contribution in [2.75, 3.05) is 13.2 Å². The van der Waals surface area contributed by atoms with E-state index in [-0.39, 0.29) is 31.6 Å². The number of hydrogen-bond donors (Lipinski definition) is 1. The third kappa shape index (κ3) is 3.99. The summed E-state index contributed by atoms with van der Waals surface area (Å²) in [5, 5.41) is 6.26. The first kappa shape index (κ1) is 22.0. The second kappa shape index (κ2) is 9.00. The molecular formula is C23H28N2O4S. The molecule has 1 aliphatic heterocycles. The summed E-state index contributed by atoms with van der Waals surface area (Å²) in [6, 6.07) is 7.55. The van der Waals surface area contributed by atoms with E-state index in [1.165, 1.54) is 0 Å². The fraction of sp³-hybridized carbons (Fsp3) is 0.435. The second-order valence-electron chi connectivity index (χ2n) is 7.43. The summed E-state index contributed by atoms with van der Waals surface area (Å²) < 4.78 is 10.7. The Balaban J connectivity index is 2.06. The van der Waals surface area contributed by atoms with Crippen molar-refractivity contribution in [3.8, 4) is 10.6 Å². The number of rotatable bonds is 6. The zero-order chi connectivity index (χ0) is 21.9. The van der Waals surface area contributed by atoms with Gasteiger partial charge in [0.1, 0.15) is 10.4 Å². The lowest BCUT2D eigenvalue weighted by Gasteiger charge is -2.42. The minimum atomic E-state index is -1.03. The van der Waals surface area contributed by atoms with E-state index in [9.17, 15) is 9.59 Å². The number of benzene rings is 1. The third-order valence-corrected chi connectivity index (χ3v) is 6.52. The number of nitrogens with one attached hydrogen (secondary N) is 1. The maximum atomic E-state index is 13.3. The van der Waals surface area contributed by atoms with Crippen molar-refractivity contribution < 1.29 is 19.1 Å². The monoisotopic (exact) mass is 428 g/mol. The van der Waals surface area contributed by atoms with Gasteiger partial charge in [-0.3, -0.25) is 4.79 Å². The van der Waals surface area contributed by atoms with Gasteiger partial charge >= 0.3 is 11.9 Å². The summed E-state index contributed by atoms with van der Waals surface area (Å²) in [5.41, 5.74) is 2.94. The molecule has 3 rings (SSSR count). The molecule has 2 aromatic rings. The summed E-state index contributed by atoms with van der Waals surface area (Å²) >= 11 is 1.58. The van der Waals surface area contributed by atoms with Crippen LogP contribution in [0, 0.1) is 6.92 Å². The standard InChI is InChI=1S/C23H28N2O4S/c1-6-28-21(26)19-12-23(22(27)29-7-2,16(5)25-15(19)4)18-10-8-17(9-11-18)20-24-14(3)13-30-20/h8-11,13,16,25H,6-7,12H2,1-5H3. The number of esters is 2. The molecule has 30 heavy (non-hydrogen) atoms. The van der Waals surface area contributed by atoms with Crippen molar-refractivity contribution >= 4 is 23.3 Å². The van der Waals surface area contributed by atoms with Crippen LogP contribution in [0.25, 0.3) is 10.6 Å². The van der Waals surface area contributed by atoms with Gasteiger partial charge in [-0.05, 0) is 40.2 Å². The van der Waals surface area contributed by atoms with E-state index in [1.54, 1.807) is 25.2 Å². The second-order valence-corrected chi connectivity index (χ2v) is 8.29. The first-order chi connectivity index (χ1) is 14.3. The first-order valence-corrected chi connectivity index (χ1v) is 11.0. The van der Waals surface area contributed by atoms with Gasteiger partial charge in [-0.25, -0.2) is 9.78 Å². The number of thiazole rings is 1. The van der Waals surface area contributed by atoms with Crippen molar-refractivity contribution in [2.45, 2.75) is 52.5 Å². The molecule has 0 aliphatic carbocycles. The Morgan fingerprint density at radius 3 is 2.40 bits per heavy atom. The van der Waals surface area contributed by atoms with E-state index in [2.05, 4.69) is 10.3 Å². The number of carbonyl (C=O) groups excluding carboxylic acids is 2. The Labute approximate surface area is 181 Å². The van der Waals surface area contributed by atoms with Crippen molar-refractivity contribution in [1.29, 1.82) is 0 Å². The zero-order valence-electron chi connectivity index (χ0n) is 18.1. The molecule has 0 saturated carbocycles. The van der Waals surface area contributed by atoms with E-state index in [4.69, 9.17) is 9.47 Å². The fourth-order valence-corrected chi connectivity index (χ4v) is 4.72. The summed E-state index contributed by atoms with van der Waals surface area (Å²) in [6.45, 7) is 9.84. The van der Waals surface area contributed by atoms with Crippen LogP contribution in [0.15, 0.2) is 40.9 Å². The molecule has 0 bridgehead atoms. The molecule has 2 heterocycles. The van der Waals surface area contributed by atoms with Gasteiger partial charge < -0.3 is 14.8 Å². The van der Waals surface area contributed by atoms with Crippen molar-refractivity contribution in [3.63, 3.8) is 0 Å². The highest BCUT2D eigenvalue weighted by atomic mass is 32.1. The predicted octanol–water partition coefficient (Wildman–Crippen LogP) is 4.14. The molecular weight excluding hydrogens is 400 g/mol. The molecule has 2 unspecified atom stereocenters. The topological polar surface area (TPSA) is 77.5 Å². The zero-order valence-corrected chi connectivity index (χ0v) is 18.9. The molecule has 7 heteroatoms. The molecule has 0 radical (unpaired) electrons. The molecule has 1 aromatic carbocycles. The van der Waals surface area contributed by atoms with Gasteiger partial charge in [0.15, 0.2) is 0 Å². The number of nitrogens with zero attached hydrogens (tertiary/aromatic N) is 1. The van der Waals surface area contributed by atoms with Crippen molar-refractivity contribution in [2.24, 2.45) is 0 Å². The highest BCUT2D eigenvalue weighted by Gasteiger charge is 2.51. The van der Waals surface area contributed by atoms with Crippen LogP contribution in [-0.4, -0.2) is 36.2 Å². The van der Waals surface area contributed by atoms with Gasteiger partial charge in [0.05, 0.1) is 18.8 Å². The summed E-state index contributed by atoms with van der Waals surface area (Å²) in [4.78, 5) is 30.4. The van der Waals surface area contributed by atoms with Crippen LogP contribution in [0.2, 0.25) is 0 Å². The molecule has 0 amide bonds. The van der Waals surface area contributed by atoms with E-state index in [0.717, 1.165) is 27.5 Å². The number of allylic oxidation sites excluding steroid dienone is 1. The summed E-state index contributed by atoms with van der Waals surface area (Å²) in [6.07, 6.45) is 0.223. The Bertz CT molecular complexity index is 964. The lowest BCUT2D eigenvalue weighted by molar-refractivity contribution is -0.152. The third-order valence-electron chi connectivity index (χ3n) is 5.51. The molecule has 160 valence electrons. The van der Waals surface area contributed by atoms with Crippen LogP contribution in [0.3, 0.4) is 0 Å². The molecule has 1 aliphatic rings. The minimum Gasteiger partial charge on any atom is -0.465 e. The van der Waals surface area contributed by atoms with Crippen molar-refractivity contribution in [1.82, 2.24) is 10.3 Å². The number of aryl methyl sites for hydroxylation is 1. The highest BCUT2D eigenvalue weighted by molar-refractivity contribution is 7.13. The van der Waals surface area contributed by atoms with Crippen LogP contribution in [0.4, 0.5) is 0 Å². The largest absolute Gasteiger partial charge is 0.465 e. The van der Waals surface area contributed by atoms with E-state index in [0.29, 0.717) is 5.57 Å². The fourth-order valence-electron chi connectivity index (χ4n) is 3.92. The van der Waals surface area contributed by atoms with E-state index >= 15 is 0 Å². The van der Waals surface area contributed by atoms with Crippen LogP contribution in [0.1, 0.15) is 45.4 Å². The molecule has 0 saturated heterocycles. The Kier molecular flexibility index (Phi) is 6.61. The molecule has 1 N–H and O–H groups in total. The van der Waals surface area contributed by atoms with E-state index < -0.39 is 11.4 Å². The lowest BCUT2D eigenvalue weighted by atomic mass is 9.68. The SMILES string of the molecule is CCOC(=O)C1=C(C)NC(C)C(C(=O)OCC)(c2ccc(-c3nc(C)cs3)cc2)C1. The average molecular weight is 429 g/mol. The molecule has 0 spiro atoms. The van der Waals surface area contributed by atoms with Gasteiger partial charge in [0.2, 0.25) is 0 Å². The summed E-state index contributed by atoms with van der Waals surface area (Å²) in [5.74, 6) is -0.755. The maximum Gasteiger partial charge on any atom is 0.335 e. The predicted molar refractivity (Wildman–Crippen MR) is 117 cm³/mol. The number of aromatic nitrogens is 1. The van der Waals surface area contributed by atoms with E-state index in [1.807, 2.05) is 50.4 Å². The highest BCUT2D eigenvalue weighted by Crippen LogP contribution is 2.41. The van der Waals surface area contributed by atoms with Gasteiger partial charge in [-0.2, -0.15) is 0 Å². The Morgan fingerprint density at radius 1 is 1.17 bits per heavy atom. The maximum absolute atomic E-state index is 13.3. The Morgan fingerprint density at radius 2 is 1.83 bits per heavy atom. The molecule has 2 atom stereocenters. The van der Waals surface area contributed by atoms with Crippen LogP contribution in [-0.2, 0) is 24.5 Å². The average Bonchev–Trinajstić information content (AvgIpc) is 3.15. The van der Waals surface area contributed by atoms with Crippen LogP contribution in [0.5, 0.6) is 0 Å².